The van der Waals surface area contributed by atoms with Crippen molar-refractivity contribution in [3.8, 4) is 0 Å². The van der Waals surface area contributed by atoms with Gasteiger partial charge in [0.2, 0.25) is 0 Å². The first-order chi connectivity index (χ1) is 13.0. The topological polar surface area (TPSA) is 80.1 Å². The second kappa shape index (κ2) is 7.25. The Kier molecular flexibility index (Phi) is 4.80. The summed E-state index contributed by atoms with van der Waals surface area (Å²) in [4.78, 5) is 14.7. The molecule has 0 bridgehead atoms. The van der Waals surface area contributed by atoms with Crippen molar-refractivity contribution in [2.75, 3.05) is 19.1 Å². The Morgan fingerprint density at radius 1 is 1.26 bits per heavy atom. The van der Waals surface area contributed by atoms with Gasteiger partial charge >= 0.3 is 0 Å². The molecule has 1 aliphatic carbocycles. The number of methoxy groups -OCH3 is 1. The van der Waals surface area contributed by atoms with Crippen LogP contribution < -0.4 is 10.6 Å². The summed E-state index contributed by atoms with van der Waals surface area (Å²) in [5.74, 6) is 1.68. The summed E-state index contributed by atoms with van der Waals surface area (Å²) in [6.07, 6.45) is 1.92. The lowest BCUT2D eigenvalue weighted by molar-refractivity contribution is 0.177. The average Bonchev–Trinajstić information content (AvgIpc) is 3.00. The van der Waals surface area contributed by atoms with Gasteiger partial charge in [0, 0.05) is 54.5 Å². The standard InChI is InChI=1S/C20H24FN5O/c1-26(10-16-8-12-5-14(21)3-4-17(12)23-16)20-9-18(13-6-15(22)7-13)24-19(25-20)11-27-2/h3-5,8-9,13,15,23H,6-7,10-11,22H2,1-2H3. The predicted octanol–water partition coefficient (Wildman–Crippen LogP) is 3.08. The van der Waals surface area contributed by atoms with Gasteiger partial charge in [0.25, 0.3) is 0 Å². The van der Waals surface area contributed by atoms with Crippen LogP contribution in [0, 0.1) is 5.82 Å². The molecular formula is C20H24FN5O. The molecule has 0 saturated heterocycles. The molecule has 4 rings (SSSR count). The van der Waals surface area contributed by atoms with E-state index in [1.54, 1.807) is 13.2 Å². The van der Waals surface area contributed by atoms with Crippen molar-refractivity contribution in [1.29, 1.82) is 0 Å². The van der Waals surface area contributed by atoms with Crippen LogP contribution in [0.4, 0.5) is 10.2 Å². The predicted molar refractivity (Wildman–Crippen MR) is 103 cm³/mol. The van der Waals surface area contributed by atoms with E-state index in [-0.39, 0.29) is 11.9 Å². The minimum Gasteiger partial charge on any atom is -0.377 e. The van der Waals surface area contributed by atoms with Gasteiger partial charge in [-0.1, -0.05) is 0 Å². The van der Waals surface area contributed by atoms with Crippen molar-refractivity contribution in [2.45, 2.75) is 38.0 Å². The number of anilines is 1. The van der Waals surface area contributed by atoms with Crippen molar-refractivity contribution < 1.29 is 9.13 Å². The van der Waals surface area contributed by atoms with E-state index in [0.717, 1.165) is 41.0 Å². The number of benzene rings is 1. The number of nitrogens with two attached hydrogens (primary N) is 1. The van der Waals surface area contributed by atoms with Gasteiger partial charge < -0.3 is 20.4 Å². The lowest BCUT2D eigenvalue weighted by Gasteiger charge is -2.32. The Morgan fingerprint density at radius 2 is 2.07 bits per heavy atom. The van der Waals surface area contributed by atoms with E-state index in [1.165, 1.54) is 12.1 Å². The second-order valence-corrected chi connectivity index (χ2v) is 7.31. The zero-order chi connectivity index (χ0) is 19.0. The maximum atomic E-state index is 13.4. The summed E-state index contributed by atoms with van der Waals surface area (Å²) >= 11 is 0. The molecule has 0 aliphatic heterocycles. The number of hydrogen-bond donors (Lipinski definition) is 2. The van der Waals surface area contributed by atoms with E-state index in [9.17, 15) is 4.39 Å². The molecule has 0 spiro atoms. The molecule has 1 saturated carbocycles. The van der Waals surface area contributed by atoms with E-state index in [1.807, 2.05) is 19.2 Å². The van der Waals surface area contributed by atoms with Gasteiger partial charge in [-0.25, -0.2) is 14.4 Å². The molecule has 3 N–H and O–H groups in total. The summed E-state index contributed by atoms with van der Waals surface area (Å²) in [5, 5.41) is 0.866. The Morgan fingerprint density at radius 3 is 2.81 bits per heavy atom. The highest BCUT2D eigenvalue weighted by atomic mass is 19.1. The average molecular weight is 369 g/mol. The zero-order valence-electron chi connectivity index (χ0n) is 15.6. The van der Waals surface area contributed by atoms with Crippen molar-refractivity contribution in [3.63, 3.8) is 0 Å². The maximum Gasteiger partial charge on any atom is 0.156 e. The van der Waals surface area contributed by atoms with Crippen LogP contribution in [0.15, 0.2) is 30.3 Å². The molecule has 142 valence electrons. The van der Waals surface area contributed by atoms with Gasteiger partial charge in [-0.2, -0.15) is 0 Å². The van der Waals surface area contributed by atoms with Gasteiger partial charge in [-0.15, -0.1) is 0 Å². The number of ether oxygens (including phenoxy) is 1. The molecule has 0 amide bonds. The minimum absolute atomic E-state index is 0.232. The highest BCUT2D eigenvalue weighted by molar-refractivity contribution is 5.80. The van der Waals surface area contributed by atoms with Crippen molar-refractivity contribution in [3.05, 3.63) is 53.4 Å². The molecule has 1 fully saturated rings. The zero-order valence-corrected chi connectivity index (χ0v) is 15.6. The molecule has 3 aromatic rings. The van der Waals surface area contributed by atoms with Crippen molar-refractivity contribution in [2.24, 2.45) is 5.73 Å². The van der Waals surface area contributed by atoms with Crippen LogP contribution in [-0.4, -0.2) is 35.2 Å². The smallest absolute Gasteiger partial charge is 0.156 e. The Balaban J connectivity index is 1.58. The molecule has 0 atom stereocenters. The second-order valence-electron chi connectivity index (χ2n) is 7.31. The molecule has 2 aromatic heterocycles. The Labute approximate surface area is 157 Å². The largest absolute Gasteiger partial charge is 0.377 e. The maximum absolute atomic E-state index is 13.4. The van der Waals surface area contributed by atoms with Gasteiger partial charge in [0.15, 0.2) is 5.82 Å². The van der Waals surface area contributed by atoms with Crippen LogP contribution in [0.2, 0.25) is 0 Å². The number of nitrogens with one attached hydrogen (secondary N) is 1. The van der Waals surface area contributed by atoms with Gasteiger partial charge in [0.05, 0.1) is 6.54 Å². The fourth-order valence-electron chi connectivity index (χ4n) is 3.59. The SMILES string of the molecule is COCc1nc(C2CC(N)C2)cc(N(C)Cc2cc3cc(F)ccc3[nH]2)n1. The van der Waals surface area contributed by atoms with Crippen molar-refractivity contribution >= 4 is 16.7 Å². The molecule has 6 nitrogen and oxygen atoms in total. The van der Waals surface area contributed by atoms with Crippen LogP contribution in [0.5, 0.6) is 0 Å². The molecule has 2 heterocycles. The monoisotopic (exact) mass is 369 g/mol. The summed E-state index contributed by atoms with van der Waals surface area (Å²) in [6.45, 7) is 1.00. The number of H-pyrrole nitrogens is 1. The number of aromatic nitrogens is 3. The summed E-state index contributed by atoms with van der Waals surface area (Å²) in [7, 11) is 3.63. The molecule has 7 heteroatoms. The molecule has 27 heavy (non-hydrogen) atoms. The van der Waals surface area contributed by atoms with Crippen LogP contribution in [0.3, 0.4) is 0 Å². The third-order valence-electron chi connectivity index (χ3n) is 5.08. The van der Waals surface area contributed by atoms with E-state index in [2.05, 4.69) is 19.9 Å². The fourth-order valence-corrected chi connectivity index (χ4v) is 3.59. The summed E-state index contributed by atoms with van der Waals surface area (Å²) in [5.41, 5.74) is 8.89. The van der Waals surface area contributed by atoms with Crippen LogP contribution in [0.25, 0.3) is 10.9 Å². The minimum atomic E-state index is -0.232. The normalized spacial score (nSPS) is 19.3. The number of aromatic amines is 1. The highest BCUT2D eigenvalue weighted by Crippen LogP contribution is 2.35. The number of hydrogen-bond acceptors (Lipinski definition) is 5. The Bertz CT molecular complexity index is 951. The number of halogens is 1. The highest BCUT2D eigenvalue weighted by Gasteiger charge is 2.29. The molecule has 0 radical (unpaired) electrons. The Hall–Kier alpha value is -2.51. The van der Waals surface area contributed by atoms with E-state index >= 15 is 0 Å². The first-order valence-electron chi connectivity index (χ1n) is 9.12. The molecular weight excluding hydrogens is 345 g/mol. The third kappa shape index (κ3) is 3.79. The lowest BCUT2D eigenvalue weighted by Crippen LogP contribution is -2.35. The number of fused-ring (bicyclic) bond motifs is 1. The number of nitrogens with zero attached hydrogens (tertiary/aromatic N) is 3. The van der Waals surface area contributed by atoms with Crippen LogP contribution in [0.1, 0.15) is 36.0 Å². The molecule has 1 aliphatic rings. The van der Waals surface area contributed by atoms with Gasteiger partial charge in [-0.3, -0.25) is 0 Å². The van der Waals surface area contributed by atoms with E-state index in [4.69, 9.17) is 10.5 Å². The molecule has 1 aromatic carbocycles. The van der Waals surface area contributed by atoms with E-state index < -0.39 is 0 Å². The fraction of sp³-hybridized carbons (Fsp3) is 0.400. The van der Waals surface area contributed by atoms with E-state index in [0.29, 0.717) is 24.9 Å². The van der Waals surface area contributed by atoms with Gasteiger partial charge in [0.1, 0.15) is 18.2 Å². The van der Waals surface area contributed by atoms with Crippen molar-refractivity contribution in [1.82, 2.24) is 15.0 Å². The van der Waals surface area contributed by atoms with Crippen LogP contribution in [-0.2, 0) is 17.9 Å². The van der Waals surface area contributed by atoms with Crippen LogP contribution >= 0.6 is 0 Å². The lowest BCUT2D eigenvalue weighted by atomic mass is 9.78. The first kappa shape index (κ1) is 17.9. The summed E-state index contributed by atoms with van der Waals surface area (Å²) < 4.78 is 18.6. The summed E-state index contributed by atoms with van der Waals surface area (Å²) in [6, 6.07) is 9.03. The van der Waals surface area contributed by atoms with Gasteiger partial charge in [-0.05, 0) is 37.1 Å². The quantitative estimate of drug-likeness (QED) is 0.698. The first-order valence-corrected chi connectivity index (χ1v) is 9.12. The number of rotatable bonds is 6. The molecule has 0 unspecified atom stereocenters. The third-order valence-corrected chi connectivity index (χ3v) is 5.08.